The maximum absolute atomic E-state index is 12.0. The summed E-state index contributed by atoms with van der Waals surface area (Å²) in [6.07, 6.45) is -0.0665. The number of carbonyl (C=O) groups excluding carboxylic acids is 2. The van der Waals surface area contributed by atoms with Gasteiger partial charge in [-0.1, -0.05) is 11.8 Å². The molecule has 9 heteroatoms. The summed E-state index contributed by atoms with van der Waals surface area (Å²) >= 11 is 1.04. The molecule has 0 aliphatic carbocycles. The van der Waals surface area contributed by atoms with Crippen LogP contribution in [0.15, 0.2) is 29.3 Å². The van der Waals surface area contributed by atoms with Crippen molar-refractivity contribution < 1.29 is 23.1 Å². The second-order valence-electron chi connectivity index (χ2n) is 4.05. The van der Waals surface area contributed by atoms with E-state index in [1.165, 1.54) is 24.3 Å². The maximum Gasteiger partial charge on any atom is 0.387 e. The van der Waals surface area contributed by atoms with Gasteiger partial charge in [0.05, 0.1) is 0 Å². The standard InChI is InChI=1S/C12H11F2N3O3S/c13-11(14)20-7-3-1-6(2-4-7)16-9(18)5-8-10(19)17-12(15)21-8/h1-4,8,11H,5H2,(H,16,18)(H2,15,17,19)/t8-/m1/s1. The molecular weight excluding hydrogens is 304 g/mol. The molecule has 0 saturated heterocycles. The first kappa shape index (κ1) is 15.2. The van der Waals surface area contributed by atoms with E-state index in [4.69, 9.17) is 5.73 Å². The highest BCUT2D eigenvalue weighted by molar-refractivity contribution is 8.15. The highest BCUT2D eigenvalue weighted by atomic mass is 32.2. The van der Waals surface area contributed by atoms with Crippen molar-refractivity contribution in [2.75, 3.05) is 5.32 Å². The number of nitrogens with zero attached hydrogens (tertiary/aromatic N) is 1. The molecule has 0 unspecified atom stereocenters. The third-order valence-electron chi connectivity index (χ3n) is 2.49. The van der Waals surface area contributed by atoms with Crippen LogP contribution >= 0.6 is 11.8 Å². The van der Waals surface area contributed by atoms with Crippen LogP contribution in [0.4, 0.5) is 14.5 Å². The van der Waals surface area contributed by atoms with Crippen LogP contribution in [0.5, 0.6) is 5.75 Å². The van der Waals surface area contributed by atoms with Crippen molar-refractivity contribution in [2.24, 2.45) is 10.7 Å². The van der Waals surface area contributed by atoms with Crippen LogP contribution in [0.1, 0.15) is 6.42 Å². The number of benzene rings is 1. The maximum atomic E-state index is 12.0. The van der Waals surface area contributed by atoms with E-state index in [9.17, 15) is 18.4 Å². The fourth-order valence-electron chi connectivity index (χ4n) is 1.63. The molecule has 1 aliphatic rings. The van der Waals surface area contributed by atoms with Crippen LogP contribution in [-0.2, 0) is 9.59 Å². The van der Waals surface area contributed by atoms with Crippen LogP contribution in [0.25, 0.3) is 0 Å². The molecular formula is C12H11F2N3O3S. The molecule has 1 aliphatic heterocycles. The Kier molecular flexibility index (Phi) is 4.73. The number of hydrogen-bond donors (Lipinski definition) is 2. The molecule has 1 atom stereocenters. The summed E-state index contributed by atoms with van der Waals surface area (Å²) in [6.45, 7) is -2.90. The van der Waals surface area contributed by atoms with E-state index < -0.39 is 23.7 Å². The fraction of sp³-hybridized carbons (Fsp3) is 0.250. The molecule has 1 heterocycles. The summed E-state index contributed by atoms with van der Waals surface area (Å²) < 4.78 is 28.1. The first-order valence-electron chi connectivity index (χ1n) is 5.83. The van der Waals surface area contributed by atoms with Gasteiger partial charge in [-0.2, -0.15) is 13.8 Å². The van der Waals surface area contributed by atoms with Gasteiger partial charge in [0.1, 0.15) is 11.0 Å². The number of aliphatic imine (C=N–C) groups is 1. The van der Waals surface area contributed by atoms with Crippen LogP contribution < -0.4 is 15.8 Å². The minimum Gasteiger partial charge on any atom is -0.435 e. The van der Waals surface area contributed by atoms with E-state index in [0.29, 0.717) is 5.69 Å². The number of nitrogens with one attached hydrogen (secondary N) is 1. The van der Waals surface area contributed by atoms with Gasteiger partial charge in [-0.3, -0.25) is 9.59 Å². The lowest BCUT2D eigenvalue weighted by molar-refractivity contribution is -0.121. The Morgan fingerprint density at radius 2 is 2.10 bits per heavy atom. The van der Waals surface area contributed by atoms with Crippen LogP contribution in [0.3, 0.4) is 0 Å². The molecule has 1 aromatic carbocycles. The Morgan fingerprint density at radius 3 is 2.62 bits per heavy atom. The van der Waals surface area contributed by atoms with Crippen molar-refractivity contribution in [3.63, 3.8) is 0 Å². The predicted octanol–water partition coefficient (Wildman–Crippen LogP) is 1.57. The van der Waals surface area contributed by atoms with E-state index in [0.717, 1.165) is 11.8 Å². The number of anilines is 1. The third-order valence-corrected chi connectivity index (χ3v) is 3.48. The fourth-order valence-corrected chi connectivity index (χ4v) is 2.45. The van der Waals surface area contributed by atoms with Crippen LogP contribution in [-0.4, -0.2) is 28.8 Å². The van der Waals surface area contributed by atoms with Gasteiger partial charge in [-0.25, -0.2) is 0 Å². The monoisotopic (exact) mass is 315 g/mol. The van der Waals surface area contributed by atoms with E-state index in [-0.39, 0.29) is 17.3 Å². The SMILES string of the molecule is NC1=NC(=O)[C@@H](CC(=O)Nc2ccc(OC(F)F)cc2)S1. The number of amides is 2. The third kappa shape index (κ3) is 4.42. The second kappa shape index (κ2) is 6.53. The summed E-state index contributed by atoms with van der Waals surface area (Å²) in [5.41, 5.74) is 5.79. The Bertz CT molecular complexity index is 578. The molecule has 0 radical (unpaired) electrons. The topological polar surface area (TPSA) is 93.8 Å². The van der Waals surface area contributed by atoms with Crippen molar-refractivity contribution in [3.8, 4) is 5.75 Å². The van der Waals surface area contributed by atoms with E-state index in [1.54, 1.807) is 0 Å². The molecule has 6 nitrogen and oxygen atoms in total. The molecule has 112 valence electrons. The largest absolute Gasteiger partial charge is 0.435 e. The lowest BCUT2D eigenvalue weighted by atomic mass is 10.2. The molecule has 0 bridgehead atoms. The predicted molar refractivity (Wildman–Crippen MR) is 74.3 cm³/mol. The molecule has 2 rings (SSSR count). The number of nitrogens with two attached hydrogens (primary N) is 1. The Hall–Kier alpha value is -2.16. The number of halogens is 2. The number of carbonyl (C=O) groups is 2. The summed E-state index contributed by atoms with van der Waals surface area (Å²) in [5, 5.41) is 2.07. The number of amidine groups is 1. The number of ether oxygens (including phenoxy) is 1. The van der Waals surface area contributed by atoms with E-state index in [2.05, 4.69) is 15.0 Å². The molecule has 0 spiro atoms. The van der Waals surface area contributed by atoms with E-state index in [1.807, 2.05) is 0 Å². The Balaban J connectivity index is 1.87. The first-order chi connectivity index (χ1) is 9.94. The van der Waals surface area contributed by atoms with Gasteiger partial charge >= 0.3 is 6.61 Å². The van der Waals surface area contributed by atoms with Crippen molar-refractivity contribution in [2.45, 2.75) is 18.3 Å². The zero-order valence-electron chi connectivity index (χ0n) is 10.6. The molecule has 0 aromatic heterocycles. The van der Waals surface area contributed by atoms with Crippen molar-refractivity contribution in [1.29, 1.82) is 0 Å². The quantitative estimate of drug-likeness (QED) is 0.860. The minimum atomic E-state index is -2.90. The van der Waals surface area contributed by atoms with Crippen LogP contribution in [0.2, 0.25) is 0 Å². The summed E-state index contributed by atoms with van der Waals surface area (Å²) in [6, 6.07) is 5.45. The average molecular weight is 315 g/mol. The zero-order chi connectivity index (χ0) is 15.4. The van der Waals surface area contributed by atoms with Gasteiger partial charge in [0.15, 0.2) is 5.17 Å². The van der Waals surface area contributed by atoms with Crippen LogP contribution in [0, 0.1) is 0 Å². The van der Waals surface area contributed by atoms with E-state index >= 15 is 0 Å². The molecule has 0 fully saturated rings. The Morgan fingerprint density at radius 1 is 1.43 bits per heavy atom. The lowest BCUT2D eigenvalue weighted by Gasteiger charge is -2.09. The number of alkyl halides is 2. The van der Waals surface area contributed by atoms with Gasteiger partial charge < -0.3 is 15.8 Å². The normalized spacial score (nSPS) is 17.8. The van der Waals surface area contributed by atoms with Gasteiger partial charge in [-0.15, -0.1) is 0 Å². The second-order valence-corrected chi connectivity index (χ2v) is 5.27. The highest BCUT2D eigenvalue weighted by Gasteiger charge is 2.29. The molecule has 1 aromatic rings. The van der Waals surface area contributed by atoms with Crippen molar-refractivity contribution in [1.82, 2.24) is 0 Å². The van der Waals surface area contributed by atoms with Gasteiger partial charge in [0.25, 0.3) is 5.91 Å². The summed E-state index contributed by atoms with van der Waals surface area (Å²) in [4.78, 5) is 26.6. The molecule has 21 heavy (non-hydrogen) atoms. The number of hydrogen-bond acceptors (Lipinski definition) is 5. The number of rotatable bonds is 5. The lowest BCUT2D eigenvalue weighted by Crippen LogP contribution is -2.21. The smallest absolute Gasteiger partial charge is 0.387 e. The summed E-state index contributed by atoms with van der Waals surface area (Å²) in [5.74, 6) is -0.840. The van der Waals surface area contributed by atoms with Gasteiger partial charge in [0, 0.05) is 12.1 Å². The van der Waals surface area contributed by atoms with Crippen molar-refractivity contribution >= 4 is 34.4 Å². The molecule has 3 N–H and O–H groups in total. The molecule has 0 saturated carbocycles. The minimum absolute atomic E-state index is 0.00861. The summed E-state index contributed by atoms with van der Waals surface area (Å²) in [7, 11) is 0. The van der Waals surface area contributed by atoms with Crippen molar-refractivity contribution in [3.05, 3.63) is 24.3 Å². The number of thioether (sulfide) groups is 1. The van der Waals surface area contributed by atoms with Gasteiger partial charge in [0.2, 0.25) is 5.91 Å². The van der Waals surface area contributed by atoms with Gasteiger partial charge in [-0.05, 0) is 24.3 Å². The average Bonchev–Trinajstić information content (AvgIpc) is 2.69. The highest BCUT2D eigenvalue weighted by Crippen LogP contribution is 2.23. The zero-order valence-corrected chi connectivity index (χ0v) is 11.4. The molecule has 2 amide bonds. The Labute approximate surface area is 122 Å². The first-order valence-corrected chi connectivity index (χ1v) is 6.71.